The van der Waals surface area contributed by atoms with Gasteiger partial charge in [0.2, 0.25) is 0 Å². The summed E-state index contributed by atoms with van der Waals surface area (Å²) in [7, 11) is 3.64. The summed E-state index contributed by atoms with van der Waals surface area (Å²) in [6.07, 6.45) is 2.47. The molecule has 0 aromatic carbocycles. The molecule has 0 fully saturated rings. The molecule has 0 aromatic rings. The molecule has 332 valence electrons. The van der Waals surface area contributed by atoms with Gasteiger partial charge in [0.1, 0.15) is 19.8 Å². The number of esters is 3. The van der Waals surface area contributed by atoms with Crippen molar-refractivity contribution >= 4 is 28.0 Å². The van der Waals surface area contributed by atoms with Gasteiger partial charge in [-0.3, -0.25) is 18.9 Å². The zero-order chi connectivity index (χ0) is 44.8. The molecule has 0 saturated carbocycles. The Labute approximate surface area is 344 Å². The van der Waals surface area contributed by atoms with Gasteiger partial charge in [-0.05, 0) is 73.3 Å². The monoisotopic (exact) mass is 820 g/mol. The van der Waals surface area contributed by atoms with Gasteiger partial charge in [0.05, 0.1) is 49.7 Å². The summed E-state index contributed by atoms with van der Waals surface area (Å²) in [5, 5.41) is 0. The Bertz CT molecular complexity index is 1420. The minimum Gasteiger partial charge on any atom is -0.465 e. The first-order chi connectivity index (χ1) is 24.7. The van der Waals surface area contributed by atoms with Gasteiger partial charge >= 0.3 is 17.9 Å². The van der Waals surface area contributed by atoms with Gasteiger partial charge in [-0.2, -0.15) is 8.42 Å². The maximum atomic E-state index is 15.2. The molecule has 0 radical (unpaired) electrons. The number of unbranched alkanes of at least 4 members (excludes halogenated alkanes) is 1. The Hall–Kier alpha value is -1.76. The van der Waals surface area contributed by atoms with Crippen molar-refractivity contribution in [2.24, 2.45) is 49.2 Å². The molecule has 0 aromatic heterocycles. The van der Waals surface area contributed by atoms with Crippen LogP contribution in [0.3, 0.4) is 0 Å². The number of hydrogen-bond acceptors (Lipinski definition) is 9. The average molecular weight is 820 g/mol. The molecule has 0 rings (SSSR count). The molecular formula is C44H87N2O9S+. The summed E-state index contributed by atoms with van der Waals surface area (Å²) in [5.74, 6) is -1.95. The molecule has 0 spiro atoms. The lowest BCUT2D eigenvalue weighted by Crippen LogP contribution is -2.68. The van der Waals surface area contributed by atoms with Crippen molar-refractivity contribution < 1.29 is 46.0 Å². The van der Waals surface area contributed by atoms with Gasteiger partial charge in [0.25, 0.3) is 10.1 Å². The van der Waals surface area contributed by atoms with Crippen LogP contribution in [0.4, 0.5) is 0 Å². The van der Waals surface area contributed by atoms with Crippen LogP contribution in [0.2, 0.25) is 0 Å². The van der Waals surface area contributed by atoms with Gasteiger partial charge in [-0.15, -0.1) is 0 Å². The molecular weight excluding hydrogens is 733 g/mol. The lowest BCUT2D eigenvalue weighted by atomic mass is 9.35. The number of ether oxygens (including phenoxy) is 3. The highest BCUT2D eigenvalue weighted by molar-refractivity contribution is 7.85. The average Bonchev–Trinajstić information content (AvgIpc) is 3.00. The quantitative estimate of drug-likeness (QED) is 0.0351. The van der Waals surface area contributed by atoms with E-state index in [0.29, 0.717) is 37.1 Å². The second-order valence-electron chi connectivity index (χ2n) is 22.0. The minimum absolute atomic E-state index is 0.0941. The van der Waals surface area contributed by atoms with E-state index < -0.39 is 65.9 Å². The van der Waals surface area contributed by atoms with Crippen LogP contribution >= 0.6 is 0 Å². The molecule has 56 heavy (non-hydrogen) atoms. The molecule has 0 aliphatic heterocycles. The number of rotatable bonds is 23. The van der Waals surface area contributed by atoms with E-state index in [1.165, 1.54) is 0 Å². The summed E-state index contributed by atoms with van der Waals surface area (Å²) >= 11 is 0. The van der Waals surface area contributed by atoms with E-state index in [9.17, 15) is 22.6 Å². The van der Waals surface area contributed by atoms with Crippen molar-refractivity contribution in [1.82, 2.24) is 4.90 Å². The molecule has 0 aliphatic carbocycles. The summed E-state index contributed by atoms with van der Waals surface area (Å²) in [6, 6.07) is 0. The molecule has 0 amide bonds. The lowest BCUT2D eigenvalue weighted by Gasteiger charge is -2.67. The second kappa shape index (κ2) is 19.1. The number of nitrogens with zero attached hydrogens (tertiary/aromatic N) is 2. The third-order valence-corrected chi connectivity index (χ3v) is 15.6. The van der Waals surface area contributed by atoms with Crippen molar-refractivity contribution in [2.75, 3.05) is 73.4 Å². The summed E-state index contributed by atoms with van der Waals surface area (Å²) in [5.41, 5.74) is -7.01. The first-order valence-corrected chi connectivity index (χ1v) is 22.3. The summed E-state index contributed by atoms with van der Waals surface area (Å²) in [4.78, 5) is 46.1. The van der Waals surface area contributed by atoms with E-state index in [0.717, 1.165) is 12.8 Å². The topological polar surface area (TPSA) is 137 Å². The normalized spacial score (nSPS) is 16.8. The molecule has 1 N–H and O–H groups in total. The van der Waals surface area contributed by atoms with Crippen molar-refractivity contribution in [1.29, 1.82) is 0 Å². The fourth-order valence-electron chi connectivity index (χ4n) is 8.57. The van der Waals surface area contributed by atoms with Gasteiger partial charge in [-0.1, -0.05) is 110 Å². The standard InChI is InChI=1S/C44H86N2O9S/c1-22-23-28-53-34(47)33(32-37(2,3)4)39(8,9)40(10,11)44(17,36(49)54-29-25-45(18)19)42(14,15)41(12,13)43(16,38(5,6)7)35(48)55-30-27-46(20,21)26-24-31-56(50,51)52/h33H,22-32H2,1-21H3/p+1. The summed E-state index contributed by atoms with van der Waals surface area (Å²) < 4.78 is 50.6. The number of quaternary nitrogens is 1. The molecule has 0 aliphatic rings. The number of likely N-dealkylation sites (N-methyl/N-ethyl adjacent to an activating group) is 2. The number of carbonyl (C=O) groups is 3. The third kappa shape index (κ3) is 12.4. The molecule has 3 atom stereocenters. The minimum atomic E-state index is -4.07. The van der Waals surface area contributed by atoms with Crippen LogP contribution in [0.25, 0.3) is 0 Å². The van der Waals surface area contributed by atoms with E-state index in [1.54, 1.807) is 0 Å². The van der Waals surface area contributed by atoms with Gasteiger partial charge in [0, 0.05) is 13.0 Å². The molecule has 0 saturated heterocycles. The predicted molar refractivity (Wildman–Crippen MR) is 228 cm³/mol. The van der Waals surface area contributed by atoms with Gasteiger partial charge < -0.3 is 23.6 Å². The van der Waals surface area contributed by atoms with Crippen molar-refractivity contribution in [3.8, 4) is 0 Å². The van der Waals surface area contributed by atoms with E-state index in [4.69, 9.17) is 14.2 Å². The smallest absolute Gasteiger partial charge is 0.313 e. The molecule has 3 unspecified atom stereocenters. The van der Waals surface area contributed by atoms with Crippen molar-refractivity contribution in [3.63, 3.8) is 0 Å². The number of hydrogen-bond donors (Lipinski definition) is 1. The van der Waals surface area contributed by atoms with Crippen molar-refractivity contribution in [2.45, 2.75) is 143 Å². The summed E-state index contributed by atoms with van der Waals surface area (Å²) in [6.45, 7) is 36.9. The van der Waals surface area contributed by atoms with Crippen molar-refractivity contribution in [3.05, 3.63) is 0 Å². The highest BCUT2D eigenvalue weighted by atomic mass is 32.2. The lowest BCUT2D eigenvalue weighted by molar-refractivity contribution is -0.890. The van der Waals surface area contributed by atoms with Crippen LogP contribution in [0.1, 0.15) is 143 Å². The van der Waals surface area contributed by atoms with Crippen LogP contribution in [0.15, 0.2) is 0 Å². The van der Waals surface area contributed by atoms with Crippen LogP contribution in [-0.4, -0.2) is 114 Å². The van der Waals surface area contributed by atoms with E-state index >= 15 is 4.79 Å². The maximum absolute atomic E-state index is 15.2. The Morgan fingerprint density at radius 3 is 1.55 bits per heavy atom. The Kier molecular flexibility index (Phi) is 18.5. The SMILES string of the molecule is CCCCOC(=O)C(CC(C)(C)C)C(C)(C)C(C)(C)C(C)(C(=O)OCCN(C)C)C(C)(C)C(C)(C)C(C)(C(=O)OCC[N+](C)(C)CCCS(=O)(=O)O)C(C)(C)C. The van der Waals surface area contributed by atoms with Crippen LogP contribution in [0, 0.1) is 49.2 Å². The zero-order valence-electron chi connectivity index (χ0n) is 39.9. The fourth-order valence-corrected chi connectivity index (χ4v) is 9.06. The van der Waals surface area contributed by atoms with Crippen LogP contribution in [0.5, 0.6) is 0 Å². The molecule has 0 bridgehead atoms. The second-order valence-corrected chi connectivity index (χ2v) is 23.6. The molecule has 0 heterocycles. The van der Waals surface area contributed by atoms with Gasteiger partial charge in [0.15, 0.2) is 0 Å². The van der Waals surface area contributed by atoms with Gasteiger partial charge in [-0.25, -0.2) is 0 Å². The Morgan fingerprint density at radius 2 is 1.12 bits per heavy atom. The predicted octanol–water partition coefficient (Wildman–Crippen LogP) is 8.55. The van der Waals surface area contributed by atoms with E-state index in [1.807, 2.05) is 67.7 Å². The molecule has 12 heteroatoms. The first-order valence-electron chi connectivity index (χ1n) is 20.7. The van der Waals surface area contributed by atoms with E-state index in [2.05, 4.69) is 83.1 Å². The maximum Gasteiger partial charge on any atom is 0.313 e. The van der Waals surface area contributed by atoms with Crippen LogP contribution < -0.4 is 0 Å². The Morgan fingerprint density at radius 1 is 0.661 bits per heavy atom. The zero-order valence-corrected chi connectivity index (χ0v) is 40.7. The highest BCUT2D eigenvalue weighted by Crippen LogP contribution is 2.71. The largest absolute Gasteiger partial charge is 0.465 e. The molecule has 11 nitrogen and oxygen atoms in total. The number of carbonyl (C=O) groups excluding carboxylic acids is 3. The van der Waals surface area contributed by atoms with E-state index in [-0.39, 0.29) is 36.8 Å². The first kappa shape index (κ1) is 54.2. The van der Waals surface area contributed by atoms with Crippen LogP contribution in [-0.2, 0) is 38.7 Å². The fraction of sp³-hybridized carbons (Fsp3) is 0.932. The Balaban J connectivity index is 7.60. The third-order valence-electron chi connectivity index (χ3n) is 14.8. The highest BCUT2D eigenvalue weighted by Gasteiger charge is 2.72.